The maximum absolute atomic E-state index is 9.29. The lowest BCUT2D eigenvalue weighted by Gasteiger charge is -2.09. The fourth-order valence-electron chi connectivity index (χ4n) is 2.20. The highest BCUT2D eigenvalue weighted by Gasteiger charge is 2.13. The van der Waals surface area contributed by atoms with E-state index in [0.29, 0.717) is 10.8 Å². The molecule has 0 aliphatic carbocycles. The fraction of sp³-hybridized carbons (Fsp3) is 0. The van der Waals surface area contributed by atoms with E-state index in [9.17, 15) is 5.26 Å². The molecule has 3 rings (SSSR count). The molecule has 19 heavy (non-hydrogen) atoms. The minimum absolute atomic E-state index is 0.356. The maximum Gasteiger partial charge on any atom is 0.150 e. The highest BCUT2D eigenvalue weighted by Crippen LogP contribution is 2.33. The van der Waals surface area contributed by atoms with Gasteiger partial charge < -0.3 is 0 Å². The van der Waals surface area contributed by atoms with Crippen LogP contribution in [0.1, 0.15) is 5.69 Å². The zero-order valence-corrected chi connectivity index (χ0v) is 10.7. The molecular weight excluding hydrogens is 256 g/mol. The van der Waals surface area contributed by atoms with E-state index in [1.165, 1.54) is 0 Å². The van der Waals surface area contributed by atoms with Crippen molar-refractivity contribution >= 4 is 22.4 Å². The molecule has 1 heterocycles. The van der Waals surface area contributed by atoms with Crippen LogP contribution in [0.5, 0.6) is 0 Å². The molecule has 3 heteroatoms. The lowest BCUT2D eigenvalue weighted by molar-refractivity contribution is 1.29. The van der Waals surface area contributed by atoms with Gasteiger partial charge in [0, 0.05) is 10.9 Å². The molecule has 1 aromatic heterocycles. The third-order valence-electron chi connectivity index (χ3n) is 3.03. The van der Waals surface area contributed by atoms with Gasteiger partial charge in [-0.15, -0.1) is 0 Å². The molecule has 0 saturated carbocycles. The van der Waals surface area contributed by atoms with E-state index in [2.05, 4.69) is 11.1 Å². The minimum atomic E-state index is 0.356. The van der Waals surface area contributed by atoms with Crippen molar-refractivity contribution < 1.29 is 0 Å². The van der Waals surface area contributed by atoms with Crippen LogP contribution in [0.3, 0.4) is 0 Å². The standard InChI is InChI=1S/C16H9ClN2/c17-16-13-9-5-4-8-12(13)15(14(10-18)19-16)11-6-2-1-3-7-11/h1-9H. The number of pyridine rings is 1. The number of fused-ring (bicyclic) bond motifs is 1. The Morgan fingerprint density at radius 3 is 2.21 bits per heavy atom. The molecular formula is C16H9ClN2. The molecule has 90 valence electrons. The Morgan fingerprint density at radius 1 is 0.895 bits per heavy atom. The van der Waals surface area contributed by atoms with Gasteiger partial charge in [-0.2, -0.15) is 5.26 Å². The lowest BCUT2D eigenvalue weighted by Crippen LogP contribution is -1.92. The first-order chi connectivity index (χ1) is 9.31. The molecule has 0 fully saturated rings. The van der Waals surface area contributed by atoms with Crippen LogP contribution in [0, 0.1) is 11.3 Å². The van der Waals surface area contributed by atoms with Gasteiger partial charge in [-0.25, -0.2) is 4.98 Å². The van der Waals surface area contributed by atoms with E-state index in [1.807, 2.05) is 54.6 Å². The normalized spacial score (nSPS) is 10.3. The van der Waals surface area contributed by atoms with Gasteiger partial charge in [-0.05, 0) is 10.9 Å². The number of halogens is 1. The molecule has 2 aromatic carbocycles. The third kappa shape index (κ3) is 1.95. The molecule has 0 unspecified atom stereocenters. The van der Waals surface area contributed by atoms with Crippen LogP contribution in [-0.4, -0.2) is 4.98 Å². The Kier molecular flexibility index (Phi) is 2.91. The summed E-state index contributed by atoms with van der Waals surface area (Å²) in [5.74, 6) is 0. The first kappa shape index (κ1) is 11.7. The first-order valence-electron chi connectivity index (χ1n) is 5.85. The highest BCUT2D eigenvalue weighted by molar-refractivity contribution is 6.34. The van der Waals surface area contributed by atoms with Crippen molar-refractivity contribution in [3.05, 3.63) is 65.4 Å². The molecule has 0 radical (unpaired) electrons. The number of hydrogen-bond acceptors (Lipinski definition) is 2. The van der Waals surface area contributed by atoms with Crippen LogP contribution in [0.2, 0.25) is 5.15 Å². The summed E-state index contributed by atoms with van der Waals surface area (Å²) < 4.78 is 0. The average molecular weight is 265 g/mol. The largest absolute Gasteiger partial charge is 0.224 e. The summed E-state index contributed by atoms with van der Waals surface area (Å²) in [5.41, 5.74) is 2.16. The van der Waals surface area contributed by atoms with Crippen molar-refractivity contribution in [3.63, 3.8) is 0 Å². The highest BCUT2D eigenvalue weighted by atomic mass is 35.5. The van der Waals surface area contributed by atoms with Crippen LogP contribution >= 0.6 is 11.6 Å². The van der Waals surface area contributed by atoms with E-state index >= 15 is 0 Å². The van der Waals surface area contributed by atoms with E-state index in [1.54, 1.807) is 0 Å². The van der Waals surface area contributed by atoms with Gasteiger partial charge in [0.05, 0.1) is 0 Å². The minimum Gasteiger partial charge on any atom is -0.224 e. The van der Waals surface area contributed by atoms with E-state index in [4.69, 9.17) is 11.6 Å². The van der Waals surface area contributed by atoms with Crippen LogP contribution < -0.4 is 0 Å². The van der Waals surface area contributed by atoms with E-state index in [0.717, 1.165) is 21.9 Å². The Hall–Kier alpha value is -2.37. The van der Waals surface area contributed by atoms with Crippen LogP contribution in [0.25, 0.3) is 21.9 Å². The number of aromatic nitrogens is 1. The van der Waals surface area contributed by atoms with Crippen molar-refractivity contribution in [1.82, 2.24) is 4.98 Å². The summed E-state index contributed by atoms with van der Waals surface area (Å²) in [7, 11) is 0. The zero-order chi connectivity index (χ0) is 13.2. The Labute approximate surface area is 115 Å². The van der Waals surface area contributed by atoms with Gasteiger partial charge >= 0.3 is 0 Å². The lowest BCUT2D eigenvalue weighted by atomic mass is 9.98. The summed E-state index contributed by atoms with van der Waals surface area (Å²) in [6.45, 7) is 0. The van der Waals surface area contributed by atoms with Gasteiger partial charge in [0.1, 0.15) is 11.2 Å². The molecule has 2 nitrogen and oxygen atoms in total. The molecule has 0 amide bonds. The molecule has 0 atom stereocenters. The quantitative estimate of drug-likeness (QED) is 0.610. The second-order valence-corrected chi connectivity index (χ2v) is 4.51. The zero-order valence-electron chi connectivity index (χ0n) is 9.97. The van der Waals surface area contributed by atoms with E-state index < -0.39 is 0 Å². The van der Waals surface area contributed by atoms with Gasteiger partial charge in [-0.3, -0.25) is 0 Å². The monoisotopic (exact) mass is 264 g/mol. The topological polar surface area (TPSA) is 36.7 Å². The van der Waals surface area contributed by atoms with Gasteiger partial charge in [-0.1, -0.05) is 66.2 Å². The van der Waals surface area contributed by atoms with Crippen LogP contribution in [0.15, 0.2) is 54.6 Å². The van der Waals surface area contributed by atoms with Crippen molar-refractivity contribution in [2.45, 2.75) is 0 Å². The van der Waals surface area contributed by atoms with Crippen molar-refractivity contribution in [2.75, 3.05) is 0 Å². The maximum atomic E-state index is 9.29. The van der Waals surface area contributed by atoms with E-state index in [-0.39, 0.29) is 0 Å². The van der Waals surface area contributed by atoms with Crippen LogP contribution in [0.4, 0.5) is 0 Å². The molecule has 0 aliphatic rings. The Morgan fingerprint density at radius 2 is 1.53 bits per heavy atom. The summed E-state index contributed by atoms with van der Waals surface area (Å²) in [4.78, 5) is 4.20. The SMILES string of the molecule is N#Cc1nc(Cl)c2ccccc2c1-c1ccccc1. The summed E-state index contributed by atoms with van der Waals surface area (Å²) in [6.07, 6.45) is 0. The first-order valence-corrected chi connectivity index (χ1v) is 6.23. The van der Waals surface area contributed by atoms with Crippen molar-refractivity contribution in [1.29, 1.82) is 5.26 Å². The number of nitriles is 1. The number of rotatable bonds is 1. The molecule has 0 spiro atoms. The Balaban J connectivity index is 2.47. The number of hydrogen-bond donors (Lipinski definition) is 0. The smallest absolute Gasteiger partial charge is 0.150 e. The molecule has 0 N–H and O–H groups in total. The van der Waals surface area contributed by atoms with Crippen molar-refractivity contribution in [2.24, 2.45) is 0 Å². The third-order valence-corrected chi connectivity index (χ3v) is 3.32. The van der Waals surface area contributed by atoms with Gasteiger partial charge in [0.25, 0.3) is 0 Å². The van der Waals surface area contributed by atoms with Gasteiger partial charge in [0.2, 0.25) is 0 Å². The number of benzene rings is 2. The average Bonchev–Trinajstić information content (AvgIpc) is 2.48. The molecule has 0 aliphatic heterocycles. The van der Waals surface area contributed by atoms with Crippen molar-refractivity contribution in [3.8, 4) is 17.2 Å². The molecule has 0 saturated heterocycles. The summed E-state index contributed by atoms with van der Waals surface area (Å²) >= 11 is 6.14. The van der Waals surface area contributed by atoms with Crippen LogP contribution in [-0.2, 0) is 0 Å². The molecule has 3 aromatic rings. The second kappa shape index (κ2) is 4.72. The number of nitrogens with zero attached hydrogens (tertiary/aromatic N) is 2. The second-order valence-electron chi connectivity index (χ2n) is 4.15. The Bertz CT molecular complexity index is 789. The predicted molar refractivity (Wildman–Crippen MR) is 76.9 cm³/mol. The fourth-order valence-corrected chi connectivity index (χ4v) is 2.45. The summed E-state index contributed by atoms with van der Waals surface area (Å²) in [6, 6.07) is 19.6. The summed E-state index contributed by atoms with van der Waals surface area (Å²) in [5, 5.41) is 11.5. The predicted octanol–water partition coefficient (Wildman–Crippen LogP) is 4.43. The van der Waals surface area contributed by atoms with Gasteiger partial charge in [0.15, 0.2) is 5.69 Å². The molecule has 0 bridgehead atoms.